The van der Waals surface area contributed by atoms with Crippen LogP contribution in [0.5, 0.6) is 0 Å². The van der Waals surface area contributed by atoms with E-state index >= 15 is 0 Å². The highest BCUT2D eigenvalue weighted by Gasteiger charge is 2.25. The van der Waals surface area contributed by atoms with E-state index in [1.807, 2.05) is 23.6 Å². The molecule has 0 aliphatic carbocycles. The van der Waals surface area contributed by atoms with Crippen LogP contribution < -0.4 is 10.6 Å². The van der Waals surface area contributed by atoms with Gasteiger partial charge in [0.2, 0.25) is 11.8 Å². The van der Waals surface area contributed by atoms with Gasteiger partial charge in [-0.05, 0) is 12.8 Å². The summed E-state index contributed by atoms with van der Waals surface area (Å²) < 4.78 is 0. The molecule has 0 saturated carbocycles. The lowest BCUT2D eigenvalue weighted by molar-refractivity contribution is -0.132. The number of likely N-dealkylation sites (tertiary alicyclic amines) is 1. The Balaban J connectivity index is 1.69. The van der Waals surface area contributed by atoms with E-state index in [0.29, 0.717) is 18.9 Å². The van der Waals surface area contributed by atoms with E-state index in [0.717, 1.165) is 44.0 Å². The third-order valence-electron chi connectivity index (χ3n) is 3.95. The molecule has 2 aliphatic heterocycles. The smallest absolute Gasteiger partial charge is 0.224 e. The van der Waals surface area contributed by atoms with Crippen LogP contribution in [-0.2, 0) is 9.59 Å². The molecule has 0 spiro atoms. The molecule has 114 valence electrons. The van der Waals surface area contributed by atoms with Crippen LogP contribution in [0.1, 0.15) is 32.6 Å². The minimum absolute atomic E-state index is 0.109. The number of amides is 2. The molecule has 2 fully saturated rings. The maximum absolute atomic E-state index is 12.2. The SMILES string of the molecule is CCC(=O)NC1CCN(C(=O)CC2CSCCN2)CC1. The van der Waals surface area contributed by atoms with E-state index in [9.17, 15) is 9.59 Å². The van der Waals surface area contributed by atoms with Crippen molar-refractivity contribution >= 4 is 23.6 Å². The average molecular weight is 299 g/mol. The minimum atomic E-state index is 0.109. The van der Waals surface area contributed by atoms with Crippen LogP contribution in [0.4, 0.5) is 0 Å². The molecule has 5 nitrogen and oxygen atoms in total. The zero-order valence-corrected chi connectivity index (χ0v) is 13.0. The van der Waals surface area contributed by atoms with Gasteiger partial charge >= 0.3 is 0 Å². The van der Waals surface area contributed by atoms with Gasteiger partial charge in [0, 0.05) is 56.1 Å². The predicted molar refractivity (Wildman–Crippen MR) is 81.8 cm³/mol. The Morgan fingerprint density at radius 2 is 2.10 bits per heavy atom. The van der Waals surface area contributed by atoms with E-state index in [4.69, 9.17) is 0 Å². The van der Waals surface area contributed by atoms with Crippen LogP contribution in [0, 0.1) is 0 Å². The predicted octanol–water partition coefficient (Wildman–Crippen LogP) is 0.599. The number of thioether (sulfide) groups is 1. The molecule has 20 heavy (non-hydrogen) atoms. The van der Waals surface area contributed by atoms with Crippen molar-refractivity contribution in [1.82, 2.24) is 15.5 Å². The van der Waals surface area contributed by atoms with Crippen molar-refractivity contribution < 1.29 is 9.59 Å². The lowest BCUT2D eigenvalue weighted by atomic mass is 10.0. The van der Waals surface area contributed by atoms with Crippen LogP contribution in [-0.4, -0.2) is 59.9 Å². The summed E-state index contributed by atoms with van der Waals surface area (Å²) in [5.74, 6) is 2.55. The summed E-state index contributed by atoms with van der Waals surface area (Å²) in [6.07, 6.45) is 2.90. The monoisotopic (exact) mass is 299 g/mol. The number of nitrogens with one attached hydrogen (secondary N) is 2. The Kier molecular flexibility index (Phi) is 6.16. The summed E-state index contributed by atoms with van der Waals surface area (Å²) >= 11 is 1.92. The highest BCUT2D eigenvalue weighted by molar-refractivity contribution is 7.99. The summed E-state index contributed by atoms with van der Waals surface area (Å²) in [4.78, 5) is 25.6. The van der Waals surface area contributed by atoms with Crippen LogP contribution in [0.3, 0.4) is 0 Å². The fraction of sp³-hybridized carbons (Fsp3) is 0.857. The molecule has 2 amide bonds. The Labute approximate surface area is 125 Å². The fourth-order valence-corrected chi connectivity index (χ4v) is 3.64. The normalized spacial score (nSPS) is 24.4. The first kappa shape index (κ1) is 15.6. The van der Waals surface area contributed by atoms with Crippen molar-refractivity contribution in [2.75, 3.05) is 31.1 Å². The maximum Gasteiger partial charge on any atom is 0.224 e. The fourth-order valence-electron chi connectivity index (χ4n) is 2.69. The van der Waals surface area contributed by atoms with Crippen LogP contribution in [0.2, 0.25) is 0 Å². The van der Waals surface area contributed by atoms with Crippen LogP contribution >= 0.6 is 11.8 Å². The van der Waals surface area contributed by atoms with Gasteiger partial charge in [0.15, 0.2) is 0 Å². The first-order valence-electron chi connectivity index (χ1n) is 7.57. The topological polar surface area (TPSA) is 61.4 Å². The minimum Gasteiger partial charge on any atom is -0.353 e. The molecule has 2 N–H and O–H groups in total. The number of carbonyl (C=O) groups is 2. The summed E-state index contributed by atoms with van der Waals surface area (Å²) in [6, 6.07) is 0.577. The summed E-state index contributed by atoms with van der Waals surface area (Å²) in [5, 5.41) is 6.42. The molecule has 1 atom stereocenters. The van der Waals surface area contributed by atoms with E-state index in [1.54, 1.807) is 0 Å². The highest BCUT2D eigenvalue weighted by Crippen LogP contribution is 2.15. The Bertz CT molecular complexity index is 337. The zero-order valence-electron chi connectivity index (χ0n) is 12.2. The van der Waals surface area contributed by atoms with Crippen molar-refractivity contribution in [2.45, 2.75) is 44.7 Å². The van der Waals surface area contributed by atoms with Crippen molar-refractivity contribution in [3.05, 3.63) is 0 Å². The Morgan fingerprint density at radius 3 is 2.70 bits per heavy atom. The second-order valence-electron chi connectivity index (χ2n) is 5.51. The molecule has 0 aromatic heterocycles. The molecule has 0 radical (unpaired) electrons. The lowest BCUT2D eigenvalue weighted by Crippen LogP contribution is -2.48. The number of rotatable bonds is 4. The molecule has 0 bridgehead atoms. The highest BCUT2D eigenvalue weighted by atomic mass is 32.2. The summed E-state index contributed by atoms with van der Waals surface area (Å²) in [5.41, 5.74) is 0. The second kappa shape index (κ2) is 7.88. The first-order chi connectivity index (χ1) is 9.69. The lowest BCUT2D eigenvalue weighted by Gasteiger charge is -2.33. The van der Waals surface area contributed by atoms with Gasteiger partial charge in [-0.2, -0.15) is 11.8 Å². The van der Waals surface area contributed by atoms with Gasteiger partial charge in [-0.1, -0.05) is 6.92 Å². The van der Waals surface area contributed by atoms with Gasteiger partial charge in [0.05, 0.1) is 0 Å². The molecule has 0 aromatic rings. The maximum atomic E-state index is 12.2. The van der Waals surface area contributed by atoms with Gasteiger partial charge in [-0.25, -0.2) is 0 Å². The van der Waals surface area contributed by atoms with Gasteiger partial charge in [-0.3, -0.25) is 9.59 Å². The molecule has 1 unspecified atom stereocenters. The Morgan fingerprint density at radius 1 is 1.35 bits per heavy atom. The van der Waals surface area contributed by atoms with E-state index in [-0.39, 0.29) is 17.9 Å². The van der Waals surface area contributed by atoms with Crippen LogP contribution in [0.15, 0.2) is 0 Å². The van der Waals surface area contributed by atoms with Crippen molar-refractivity contribution in [1.29, 1.82) is 0 Å². The molecule has 2 saturated heterocycles. The second-order valence-corrected chi connectivity index (χ2v) is 6.66. The number of piperidine rings is 1. The van der Waals surface area contributed by atoms with Crippen molar-refractivity contribution in [2.24, 2.45) is 0 Å². The van der Waals surface area contributed by atoms with Gasteiger partial charge in [0.1, 0.15) is 0 Å². The molecule has 2 heterocycles. The molecular formula is C14H25N3O2S. The number of carbonyl (C=O) groups excluding carboxylic acids is 2. The van der Waals surface area contributed by atoms with E-state index in [1.165, 1.54) is 0 Å². The third-order valence-corrected chi connectivity index (χ3v) is 5.08. The molecule has 2 rings (SSSR count). The molecule has 2 aliphatic rings. The van der Waals surface area contributed by atoms with E-state index < -0.39 is 0 Å². The average Bonchev–Trinajstić information content (AvgIpc) is 2.49. The van der Waals surface area contributed by atoms with Crippen molar-refractivity contribution in [3.8, 4) is 0 Å². The molecule has 0 aromatic carbocycles. The largest absolute Gasteiger partial charge is 0.353 e. The zero-order chi connectivity index (χ0) is 14.4. The van der Waals surface area contributed by atoms with Gasteiger partial charge < -0.3 is 15.5 Å². The quantitative estimate of drug-likeness (QED) is 0.798. The van der Waals surface area contributed by atoms with Gasteiger partial charge in [0.25, 0.3) is 0 Å². The standard InChI is InChI=1S/C14H25N3O2S/c1-2-13(18)16-11-3-6-17(7-4-11)14(19)9-12-10-20-8-5-15-12/h11-12,15H,2-10H2,1H3,(H,16,18). The van der Waals surface area contributed by atoms with E-state index in [2.05, 4.69) is 10.6 Å². The Hall–Kier alpha value is -0.750. The summed E-state index contributed by atoms with van der Waals surface area (Å²) in [6.45, 7) is 4.41. The third kappa shape index (κ3) is 4.66. The number of hydrogen-bond acceptors (Lipinski definition) is 4. The van der Waals surface area contributed by atoms with Crippen LogP contribution in [0.25, 0.3) is 0 Å². The van der Waals surface area contributed by atoms with Gasteiger partial charge in [-0.15, -0.1) is 0 Å². The first-order valence-corrected chi connectivity index (χ1v) is 8.72. The number of hydrogen-bond donors (Lipinski definition) is 2. The number of nitrogens with zero attached hydrogens (tertiary/aromatic N) is 1. The molecular weight excluding hydrogens is 274 g/mol. The van der Waals surface area contributed by atoms with Crippen molar-refractivity contribution in [3.63, 3.8) is 0 Å². The summed E-state index contributed by atoms with van der Waals surface area (Å²) in [7, 11) is 0. The molecule has 6 heteroatoms.